The molecule has 0 heterocycles. The molecule has 21 heavy (non-hydrogen) atoms. The Bertz CT molecular complexity index is 493. The Morgan fingerprint density at radius 1 is 1.33 bits per heavy atom. The Labute approximate surface area is 125 Å². The van der Waals surface area contributed by atoms with Gasteiger partial charge >= 0.3 is 6.18 Å². The van der Waals surface area contributed by atoms with Crippen LogP contribution < -0.4 is 5.32 Å². The second-order valence-corrected chi connectivity index (χ2v) is 4.81. The number of alkyl halides is 5. The van der Waals surface area contributed by atoms with Gasteiger partial charge in [0.05, 0.1) is 24.3 Å². The van der Waals surface area contributed by atoms with Crippen LogP contribution in [0.2, 0.25) is 0 Å². The fourth-order valence-corrected chi connectivity index (χ4v) is 1.69. The summed E-state index contributed by atoms with van der Waals surface area (Å²) in [6.45, 7) is -1.03. The van der Waals surface area contributed by atoms with Gasteiger partial charge in [-0.15, -0.1) is 0 Å². The lowest BCUT2D eigenvalue weighted by Crippen LogP contribution is -2.16. The summed E-state index contributed by atoms with van der Waals surface area (Å²) in [5, 5.41) is 2.26. The van der Waals surface area contributed by atoms with Crippen LogP contribution in [0.4, 0.5) is 27.6 Å². The van der Waals surface area contributed by atoms with E-state index in [1.807, 2.05) is 0 Å². The summed E-state index contributed by atoms with van der Waals surface area (Å²) in [6, 6.07) is 2.80. The molecule has 3 nitrogen and oxygen atoms in total. The van der Waals surface area contributed by atoms with E-state index in [4.69, 9.17) is 0 Å². The number of carbonyl (C=O) groups is 1. The molecule has 0 spiro atoms. The molecule has 0 unspecified atom stereocenters. The lowest BCUT2D eigenvalue weighted by Gasteiger charge is -2.12. The van der Waals surface area contributed by atoms with Crippen LogP contribution in [-0.4, -0.2) is 25.5 Å². The number of halogens is 6. The molecule has 0 radical (unpaired) electrons. The number of anilines is 1. The molecule has 1 N–H and O–H groups in total. The molecule has 0 aromatic heterocycles. The Morgan fingerprint density at radius 2 is 2.00 bits per heavy atom. The summed E-state index contributed by atoms with van der Waals surface area (Å²) in [6.07, 6.45) is -7.40. The third-order valence-corrected chi connectivity index (χ3v) is 2.98. The van der Waals surface area contributed by atoms with Crippen LogP contribution in [0.5, 0.6) is 0 Å². The molecular weight excluding hydrogens is 365 g/mol. The zero-order valence-electron chi connectivity index (χ0n) is 10.5. The fraction of sp³-hybridized carbons (Fsp3) is 0.417. The molecule has 0 aliphatic rings. The first-order chi connectivity index (χ1) is 9.70. The topological polar surface area (TPSA) is 38.3 Å². The zero-order valence-corrected chi connectivity index (χ0v) is 12.1. The molecule has 0 saturated carbocycles. The highest BCUT2D eigenvalue weighted by Gasteiger charge is 2.31. The zero-order chi connectivity index (χ0) is 16.0. The minimum Gasteiger partial charge on any atom is -0.375 e. The van der Waals surface area contributed by atoms with E-state index in [1.54, 1.807) is 0 Å². The Kier molecular flexibility index (Phi) is 6.53. The number of ether oxygens (including phenoxy) is 1. The summed E-state index contributed by atoms with van der Waals surface area (Å²) in [5.41, 5.74) is -0.960. The van der Waals surface area contributed by atoms with Crippen molar-refractivity contribution in [3.63, 3.8) is 0 Å². The quantitative estimate of drug-likeness (QED) is 0.600. The third-order valence-electron chi connectivity index (χ3n) is 2.29. The average Bonchev–Trinajstić information content (AvgIpc) is 2.36. The molecule has 0 fully saturated rings. The van der Waals surface area contributed by atoms with E-state index < -0.39 is 30.7 Å². The Balaban J connectivity index is 2.59. The van der Waals surface area contributed by atoms with Gasteiger partial charge in [0.15, 0.2) is 0 Å². The number of rotatable bonds is 6. The van der Waals surface area contributed by atoms with E-state index in [9.17, 15) is 26.7 Å². The fourth-order valence-electron chi connectivity index (χ4n) is 1.35. The minimum absolute atomic E-state index is 0.0521. The van der Waals surface area contributed by atoms with Gasteiger partial charge in [0.2, 0.25) is 5.91 Å². The monoisotopic (exact) mass is 375 g/mol. The van der Waals surface area contributed by atoms with Crippen molar-refractivity contribution >= 4 is 27.5 Å². The van der Waals surface area contributed by atoms with E-state index in [0.717, 1.165) is 18.2 Å². The molecule has 1 rings (SSSR count). The number of carbonyl (C=O) groups excluding carboxylic acids is 1. The average molecular weight is 376 g/mol. The van der Waals surface area contributed by atoms with Crippen molar-refractivity contribution in [1.82, 2.24) is 0 Å². The first kappa shape index (κ1) is 17.8. The number of benzene rings is 1. The van der Waals surface area contributed by atoms with E-state index in [2.05, 4.69) is 26.0 Å². The normalized spacial score (nSPS) is 11.8. The molecule has 0 saturated heterocycles. The third kappa shape index (κ3) is 6.38. The second kappa shape index (κ2) is 7.69. The second-order valence-electron chi connectivity index (χ2n) is 3.96. The van der Waals surface area contributed by atoms with Crippen molar-refractivity contribution in [2.45, 2.75) is 19.0 Å². The number of amides is 1. The predicted molar refractivity (Wildman–Crippen MR) is 69.2 cm³/mol. The summed E-state index contributed by atoms with van der Waals surface area (Å²) in [7, 11) is 0. The molecule has 0 atom stereocenters. The summed E-state index contributed by atoms with van der Waals surface area (Å²) >= 11 is 3.01. The first-order valence-corrected chi connectivity index (χ1v) is 6.52. The van der Waals surface area contributed by atoms with Crippen LogP contribution in [-0.2, 0) is 15.7 Å². The van der Waals surface area contributed by atoms with Crippen LogP contribution >= 0.6 is 15.9 Å². The van der Waals surface area contributed by atoms with Crippen LogP contribution in [0.1, 0.15) is 12.0 Å². The lowest BCUT2D eigenvalue weighted by molar-refractivity contribution is -0.137. The molecule has 0 aliphatic heterocycles. The van der Waals surface area contributed by atoms with Crippen LogP contribution in [0, 0.1) is 0 Å². The maximum absolute atomic E-state index is 12.5. The summed E-state index contributed by atoms with van der Waals surface area (Å²) in [4.78, 5) is 11.5. The van der Waals surface area contributed by atoms with Gasteiger partial charge in [-0.3, -0.25) is 4.79 Å². The Hall–Kier alpha value is -1.22. The summed E-state index contributed by atoms with van der Waals surface area (Å²) < 4.78 is 66.0. The molecule has 0 aliphatic carbocycles. The van der Waals surface area contributed by atoms with Gasteiger partial charge in [-0.25, -0.2) is 8.78 Å². The van der Waals surface area contributed by atoms with E-state index in [-0.39, 0.29) is 23.2 Å². The molecule has 118 valence electrons. The van der Waals surface area contributed by atoms with Gasteiger partial charge in [-0.2, -0.15) is 13.2 Å². The first-order valence-electron chi connectivity index (χ1n) is 5.72. The van der Waals surface area contributed by atoms with Crippen molar-refractivity contribution in [2.75, 3.05) is 18.5 Å². The largest absolute Gasteiger partial charge is 0.416 e. The SMILES string of the molecule is O=C(CCOCC(F)F)Nc1cc(C(F)(F)F)ccc1Br. The van der Waals surface area contributed by atoms with Gasteiger partial charge in [0.25, 0.3) is 6.43 Å². The molecule has 1 amide bonds. The van der Waals surface area contributed by atoms with E-state index in [0.29, 0.717) is 0 Å². The van der Waals surface area contributed by atoms with Crippen LogP contribution in [0.25, 0.3) is 0 Å². The highest BCUT2D eigenvalue weighted by molar-refractivity contribution is 9.10. The van der Waals surface area contributed by atoms with Gasteiger partial charge in [0, 0.05) is 4.47 Å². The van der Waals surface area contributed by atoms with Crippen molar-refractivity contribution in [2.24, 2.45) is 0 Å². The smallest absolute Gasteiger partial charge is 0.375 e. The van der Waals surface area contributed by atoms with Crippen molar-refractivity contribution in [3.05, 3.63) is 28.2 Å². The van der Waals surface area contributed by atoms with Crippen molar-refractivity contribution in [3.8, 4) is 0 Å². The molecule has 0 bridgehead atoms. The maximum Gasteiger partial charge on any atom is 0.416 e. The molecule has 1 aromatic rings. The van der Waals surface area contributed by atoms with Crippen LogP contribution in [0.15, 0.2) is 22.7 Å². The highest BCUT2D eigenvalue weighted by Crippen LogP contribution is 2.33. The standard InChI is InChI=1S/C12H11BrF5NO2/c13-8-2-1-7(12(16,17)18)5-9(8)19-11(20)3-4-21-6-10(14)15/h1-2,5,10H,3-4,6H2,(H,19,20). The van der Waals surface area contributed by atoms with Crippen molar-refractivity contribution in [1.29, 1.82) is 0 Å². The van der Waals surface area contributed by atoms with Crippen molar-refractivity contribution < 1.29 is 31.5 Å². The molecule has 9 heteroatoms. The molecular formula is C12H11BrF5NO2. The summed E-state index contributed by atoms with van der Waals surface area (Å²) in [5.74, 6) is -0.635. The highest BCUT2D eigenvalue weighted by atomic mass is 79.9. The number of nitrogens with one attached hydrogen (secondary N) is 1. The van der Waals surface area contributed by atoms with Gasteiger partial charge < -0.3 is 10.1 Å². The van der Waals surface area contributed by atoms with E-state index in [1.165, 1.54) is 0 Å². The maximum atomic E-state index is 12.5. The number of hydrogen-bond donors (Lipinski definition) is 1. The molecule has 1 aromatic carbocycles. The number of hydrogen-bond acceptors (Lipinski definition) is 2. The minimum atomic E-state index is -4.53. The lowest BCUT2D eigenvalue weighted by atomic mass is 10.2. The predicted octanol–water partition coefficient (Wildman–Crippen LogP) is 4.08. The van der Waals surface area contributed by atoms with Crippen LogP contribution in [0.3, 0.4) is 0 Å². The Morgan fingerprint density at radius 3 is 2.57 bits per heavy atom. The van der Waals surface area contributed by atoms with Gasteiger partial charge in [-0.05, 0) is 34.1 Å². The van der Waals surface area contributed by atoms with Gasteiger partial charge in [-0.1, -0.05) is 0 Å². The van der Waals surface area contributed by atoms with E-state index >= 15 is 0 Å². The van der Waals surface area contributed by atoms with Gasteiger partial charge in [0.1, 0.15) is 6.61 Å².